The lowest BCUT2D eigenvalue weighted by molar-refractivity contribution is 0.495. The zero-order valence-corrected chi connectivity index (χ0v) is 11.9. The SMILES string of the molecule is c1cc2sc(-c3nnc(CCNC4CC4)o3)cc2s1. The summed E-state index contributed by atoms with van der Waals surface area (Å²) in [6.45, 7) is 0.922. The van der Waals surface area contributed by atoms with Crippen LogP contribution in [0.25, 0.3) is 20.2 Å². The van der Waals surface area contributed by atoms with Crippen molar-refractivity contribution >= 4 is 32.1 Å². The molecule has 1 aliphatic rings. The van der Waals surface area contributed by atoms with Gasteiger partial charge in [-0.15, -0.1) is 32.9 Å². The molecule has 0 bridgehead atoms. The van der Waals surface area contributed by atoms with Crippen LogP contribution in [-0.4, -0.2) is 22.8 Å². The minimum atomic E-state index is 0.648. The molecule has 1 aliphatic carbocycles. The Kier molecular flexibility index (Phi) is 2.86. The van der Waals surface area contributed by atoms with E-state index in [1.807, 2.05) is 0 Å². The van der Waals surface area contributed by atoms with Gasteiger partial charge in [-0.3, -0.25) is 0 Å². The monoisotopic (exact) mass is 291 g/mol. The summed E-state index contributed by atoms with van der Waals surface area (Å²) in [6, 6.07) is 4.99. The van der Waals surface area contributed by atoms with Gasteiger partial charge in [-0.2, -0.15) is 0 Å². The third kappa shape index (κ3) is 2.43. The highest BCUT2D eigenvalue weighted by Crippen LogP contribution is 2.35. The maximum absolute atomic E-state index is 5.72. The van der Waals surface area contributed by atoms with Crippen LogP contribution in [-0.2, 0) is 6.42 Å². The second-order valence-corrected chi connectivity index (χ2v) is 6.77. The maximum Gasteiger partial charge on any atom is 0.257 e. The third-order valence-electron chi connectivity index (χ3n) is 3.17. The molecule has 0 aliphatic heterocycles. The fourth-order valence-corrected chi connectivity index (χ4v) is 4.03. The molecule has 0 radical (unpaired) electrons. The first-order chi connectivity index (χ1) is 9.38. The van der Waals surface area contributed by atoms with Crippen molar-refractivity contribution < 1.29 is 4.42 Å². The van der Waals surface area contributed by atoms with Gasteiger partial charge in [0.1, 0.15) is 0 Å². The Labute approximate surface area is 118 Å². The molecular formula is C13H13N3OS2. The first kappa shape index (κ1) is 11.6. The minimum absolute atomic E-state index is 0.648. The largest absolute Gasteiger partial charge is 0.420 e. The predicted molar refractivity (Wildman–Crippen MR) is 77.7 cm³/mol. The Morgan fingerprint density at radius 3 is 3.11 bits per heavy atom. The zero-order valence-electron chi connectivity index (χ0n) is 10.3. The minimum Gasteiger partial charge on any atom is -0.420 e. The van der Waals surface area contributed by atoms with Crippen molar-refractivity contribution in [3.63, 3.8) is 0 Å². The predicted octanol–water partition coefficient (Wildman–Crippen LogP) is 3.31. The number of nitrogens with one attached hydrogen (secondary N) is 1. The fraction of sp³-hybridized carbons (Fsp3) is 0.385. The molecule has 4 nitrogen and oxygen atoms in total. The van der Waals surface area contributed by atoms with E-state index in [9.17, 15) is 0 Å². The summed E-state index contributed by atoms with van der Waals surface area (Å²) in [5.41, 5.74) is 0. The first-order valence-corrected chi connectivity index (χ1v) is 8.11. The first-order valence-electron chi connectivity index (χ1n) is 6.42. The maximum atomic E-state index is 5.72. The molecule has 0 amide bonds. The van der Waals surface area contributed by atoms with Gasteiger partial charge in [0, 0.05) is 28.4 Å². The standard InChI is InChI=1S/C13H13N3OS2/c1-2-8(1)14-5-3-12-15-16-13(17-12)11-7-10-9(19-11)4-6-18-10/h4,6-8,14H,1-3,5H2. The van der Waals surface area contributed by atoms with Crippen molar-refractivity contribution in [2.75, 3.05) is 6.54 Å². The van der Waals surface area contributed by atoms with Crippen LogP contribution < -0.4 is 5.32 Å². The summed E-state index contributed by atoms with van der Waals surface area (Å²) in [5.74, 6) is 1.37. The molecule has 0 aromatic carbocycles. The highest BCUT2D eigenvalue weighted by molar-refractivity contribution is 7.28. The number of nitrogens with zero attached hydrogens (tertiary/aromatic N) is 2. The van der Waals surface area contributed by atoms with Crippen LogP contribution in [0.1, 0.15) is 18.7 Å². The molecular weight excluding hydrogens is 278 g/mol. The van der Waals surface area contributed by atoms with Gasteiger partial charge in [0.25, 0.3) is 5.89 Å². The fourth-order valence-electron chi connectivity index (χ4n) is 2.00. The molecule has 1 N–H and O–H groups in total. The molecule has 3 aromatic heterocycles. The normalized spacial score (nSPS) is 15.4. The van der Waals surface area contributed by atoms with Crippen molar-refractivity contribution in [1.29, 1.82) is 0 Å². The summed E-state index contributed by atoms with van der Waals surface area (Å²) < 4.78 is 8.30. The lowest BCUT2D eigenvalue weighted by Crippen LogP contribution is -2.19. The lowest BCUT2D eigenvalue weighted by atomic mass is 10.4. The van der Waals surface area contributed by atoms with Crippen molar-refractivity contribution in [2.24, 2.45) is 0 Å². The molecule has 0 unspecified atom stereocenters. The van der Waals surface area contributed by atoms with E-state index in [2.05, 4.69) is 33.0 Å². The number of hydrogen-bond donors (Lipinski definition) is 1. The number of rotatable bonds is 5. The zero-order chi connectivity index (χ0) is 12.7. The highest BCUT2D eigenvalue weighted by atomic mass is 32.1. The quantitative estimate of drug-likeness (QED) is 0.783. The van der Waals surface area contributed by atoms with E-state index in [4.69, 9.17) is 4.42 Å². The Morgan fingerprint density at radius 1 is 1.32 bits per heavy atom. The number of hydrogen-bond acceptors (Lipinski definition) is 6. The molecule has 98 valence electrons. The van der Waals surface area contributed by atoms with Gasteiger partial charge in [-0.25, -0.2) is 0 Å². The lowest BCUT2D eigenvalue weighted by Gasteiger charge is -1.97. The molecule has 19 heavy (non-hydrogen) atoms. The Morgan fingerprint density at radius 2 is 2.26 bits per heavy atom. The van der Waals surface area contributed by atoms with Gasteiger partial charge in [0.05, 0.1) is 4.88 Å². The second kappa shape index (κ2) is 4.70. The molecule has 3 aromatic rings. The molecule has 3 heterocycles. The van der Waals surface area contributed by atoms with E-state index in [1.165, 1.54) is 22.2 Å². The van der Waals surface area contributed by atoms with Gasteiger partial charge in [-0.1, -0.05) is 0 Å². The molecule has 0 atom stereocenters. The van der Waals surface area contributed by atoms with Crippen molar-refractivity contribution in [2.45, 2.75) is 25.3 Å². The smallest absolute Gasteiger partial charge is 0.257 e. The van der Waals surface area contributed by atoms with E-state index < -0.39 is 0 Å². The van der Waals surface area contributed by atoms with E-state index in [0.717, 1.165) is 29.8 Å². The third-order valence-corrected chi connectivity index (χ3v) is 5.25. The summed E-state index contributed by atoms with van der Waals surface area (Å²) in [5, 5.41) is 13.8. The van der Waals surface area contributed by atoms with Crippen LogP contribution in [0, 0.1) is 0 Å². The molecule has 1 saturated carbocycles. The average Bonchev–Trinajstić information content (AvgIpc) is 2.80. The van der Waals surface area contributed by atoms with Crippen molar-refractivity contribution in [3.05, 3.63) is 23.4 Å². The number of thiophene rings is 2. The summed E-state index contributed by atoms with van der Waals surface area (Å²) in [4.78, 5) is 1.07. The second-order valence-electron chi connectivity index (χ2n) is 4.74. The van der Waals surface area contributed by atoms with Gasteiger partial charge in [0.15, 0.2) is 0 Å². The highest BCUT2D eigenvalue weighted by Gasteiger charge is 2.20. The molecule has 0 saturated heterocycles. The summed E-state index contributed by atoms with van der Waals surface area (Å²) in [7, 11) is 0. The topological polar surface area (TPSA) is 51.0 Å². The summed E-state index contributed by atoms with van der Waals surface area (Å²) >= 11 is 3.45. The van der Waals surface area contributed by atoms with E-state index in [-0.39, 0.29) is 0 Å². The van der Waals surface area contributed by atoms with E-state index in [0.29, 0.717) is 5.89 Å². The molecule has 1 fully saturated rings. The average molecular weight is 291 g/mol. The van der Waals surface area contributed by atoms with Crippen LogP contribution in [0.15, 0.2) is 21.9 Å². The van der Waals surface area contributed by atoms with Crippen LogP contribution in [0.4, 0.5) is 0 Å². The Hall–Kier alpha value is -1.24. The van der Waals surface area contributed by atoms with Crippen LogP contribution in [0.2, 0.25) is 0 Å². The Balaban J connectivity index is 1.48. The Bertz CT molecular complexity index is 667. The van der Waals surface area contributed by atoms with E-state index in [1.54, 1.807) is 22.7 Å². The molecule has 4 rings (SSSR count). The van der Waals surface area contributed by atoms with Crippen molar-refractivity contribution in [1.82, 2.24) is 15.5 Å². The van der Waals surface area contributed by atoms with Crippen LogP contribution in [0.5, 0.6) is 0 Å². The van der Waals surface area contributed by atoms with Crippen LogP contribution in [0.3, 0.4) is 0 Å². The van der Waals surface area contributed by atoms with Gasteiger partial charge < -0.3 is 9.73 Å². The van der Waals surface area contributed by atoms with Gasteiger partial charge in [0.2, 0.25) is 5.89 Å². The number of fused-ring (bicyclic) bond motifs is 1. The van der Waals surface area contributed by atoms with E-state index >= 15 is 0 Å². The van der Waals surface area contributed by atoms with Crippen molar-refractivity contribution in [3.8, 4) is 10.8 Å². The number of aromatic nitrogens is 2. The van der Waals surface area contributed by atoms with Gasteiger partial charge >= 0.3 is 0 Å². The molecule has 6 heteroatoms. The van der Waals surface area contributed by atoms with Gasteiger partial charge in [-0.05, 0) is 30.4 Å². The molecule has 0 spiro atoms. The van der Waals surface area contributed by atoms with Crippen LogP contribution >= 0.6 is 22.7 Å². The summed E-state index contributed by atoms with van der Waals surface area (Å²) in [6.07, 6.45) is 3.42.